The van der Waals surface area contributed by atoms with Crippen LogP contribution in [0.2, 0.25) is 0 Å². The van der Waals surface area contributed by atoms with Crippen molar-refractivity contribution in [1.29, 1.82) is 0 Å². The van der Waals surface area contributed by atoms with Gasteiger partial charge in [-0.1, -0.05) is 0 Å². The summed E-state index contributed by atoms with van der Waals surface area (Å²) < 4.78 is 8.29. The van der Waals surface area contributed by atoms with Gasteiger partial charge in [0.2, 0.25) is 0 Å². The van der Waals surface area contributed by atoms with Gasteiger partial charge in [-0.3, -0.25) is 0 Å². The zero-order valence-electron chi connectivity index (χ0n) is 14.0. The van der Waals surface area contributed by atoms with Gasteiger partial charge in [-0.15, -0.1) is 24.8 Å². The molecule has 0 unspecified atom stereocenters. The SMILES string of the molecule is Cl.Cl.[CH2]=[Zr]([C]1=C(CCCC)C=CC1)[C]1=C(CCCC)C=CC1. The molecule has 0 aromatic heterocycles. The van der Waals surface area contributed by atoms with E-state index in [1.165, 1.54) is 51.4 Å². The summed E-state index contributed by atoms with van der Waals surface area (Å²) in [6.07, 6.45) is 19.8. The molecule has 0 aromatic carbocycles. The minimum atomic E-state index is -1.76. The van der Waals surface area contributed by atoms with E-state index in [1.807, 2.05) is 0 Å². The summed E-state index contributed by atoms with van der Waals surface area (Å²) in [6, 6.07) is 0. The molecule has 0 aromatic rings. The Morgan fingerprint density at radius 3 is 1.64 bits per heavy atom. The number of unbranched alkanes of at least 4 members (excludes halogenated alkanes) is 2. The third-order valence-corrected chi connectivity index (χ3v) is 10.5. The van der Waals surface area contributed by atoms with Crippen LogP contribution >= 0.6 is 24.8 Å². The van der Waals surface area contributed by atoms with Gasteiger partial charge in [0.15, 0.2) is 0 Å². The zero-order valence-corrected chi connectivity index (χ0v) is 18.1. The summed E-state index contributed by atoms with van der Waals surface area (Å²) in [5.41, 5.74) is 3.32. The zero-order chi connectivity index (χ0) is 14.4. The van der Waals surface area contributed by atoms with Gasteiger partial charge >= 0.3 is 133 Å². The maximum absolute atomic E-state index is 4.72. The van der Waals surface area contributed by atoms with Crippen molar-refractivity contribution >= 4 is 29.0 Å². The Kier molecular flexibility index (Phi) is 11.9. The first kappa shape index (κ1) is 22.3. The third kappa shape index (κ3) is 5.73. The molecule has 22 heavy (non-hydrogen) atoms. The second-order valence-electron chi connectivity index (χ2n) is 5.91. The molecule has 0 atom stereocenters. The van der Waals surface area contributed by atoms with Crippen molar-refractivity contribution in [3.05, 3.63) is 42.0 Å². The molecule has 2 aliphatic carbocycles. The molecule has 2 rings (SSSR count). The van der Waals surface area contributed by atoms with E-state index in [0.29, 0.717) is 0 Å². The van der Waals surface area contributed by atoms with Crippen molar-refractivity contribution in [2.75, 3.05) is 0 Å². The second-order valence-corrected chi connectivity index (χ2v) is 11.2. The fourth-order valence-electron chi connectivity index (χ4n) is 3.12. The predicted molar refractivity (Wildman–Crippen MR) is 102 cm³/mol. The fourth-order valence-corrected chi connectivity index (χ4v) is 8.74. The normalized spacial score (nSPS) is 16.1. The molecule has 3 heteroatoms. The van der Waals surface area contributed by atoms with E-state index >= 15 is 0 Å². The molecule has 2 aliphatic rings. The van der Waals surface area contributed by atoms with Crippen LogP contribution < -0.4 is 0 Å². The summed E-state index contributed by atoms with van der Waals surface area (Å²) in [4.78, 5) is 0. The summed E-state index contributed by atoms with van der Waals surface area (Å²) in [6.45, 7) is 4.57. The first-order valence-electron chi connectivity index (χ1n) is 8.24. The van der Waals surface area contributed by atoms with Crippen molar-refractivity contribution < 1.29 is 21.3 Å². The van der Waals surface area contributed by atoms with Gasteiger partial charge in [0.1, 0.15) is 0 Å². The molecule has 0 radical (unpaired) electrons. The Morgan fingerprint density at radius 2 is 1.27 bits per heavy atom. The van der Waals surface area contributed by atoms with E-state index in [9.17, 15) is 0 Å². The third-order valence-electron chi connectivity index (χ3n) is 4.39. The molecule has 0 saturated carbocycles. The molecular formula is C19H30Cl2Zr. The Balaban J connectivity index is 0.00000220. The van der Waals surface area contributed by atoms with Crippen LogP contribution in [0.1, 0.15) is 65.2 Å². The average molecular weight is 421 g/mol. The Hall–Kier alpha value is 0.293. The van der Waals surface area contributed by atoms with E-state index < -0.39 is 21.3 Å². The van der Waals surface area contributed by atoms with Crippen LogP contribution in [0.3, 0.4) is 0 Å². The predicted octanol–water partition coefficient (Wildman–Crippen LogP) is 6.69. The molecule has 0 fully saturated rings. The Labute approximate surface area is 156 Å². The number of hydrogen-bond acceptors (Lipinski definition) is 0. The van der Waals surface area contributed by atoms with E-state index in [2.05, 4.69) is 38.2 Å². The Morgan fingerprint density at radius 1 is 0.864 bits per heavy atom. The molecule has 0 amide bonds. The summed E-state index contributed by atoms with van der Waals surface area (Å²) >= 11 is -1.76. The van der Waals surface area contributed by atoms with Crippen LogP contribution in [-0.4, -0.2) is 4.21 Å². The molecule has 124 valence electrons. The molecule has 0 spiro atoms. The maximum atomic E-state index is 4.72. The van der Waals surface area contributed by atoms with Gasteiger partial charge in [0.05, 0.1) is 0 Å². The van der Waals surface area contributed by atoms with Crippen LogP contribution in [0.15, 0.2) is 42.0 Å². The number of halogens is 2. The van der Waals surface area contributed by atoms with Crippen LogP contribution in [-0.2, 0) is 21.3 Å². The first-order chi connectivity index (χ1) is 9.77. The summed E-state index contributed by atoms with van der Waals surface area (Å²) in [5.74, 6) is 0. The average Bonchev–Trinajstić information content (AvgIpc) is 3.10. The summed E-state index contributed by atoms with van der Waals surface area (Å²) in [5, 5.41) is 0. The quantitative estimate of drug-likeness (QED) is 0.410. The van der Waals surface area contributed by atoms with Crippen LogP contribution in [0.4, 0.5) is 0 Å². The van der Waals surface area contributed by atoms with Crippen LogP contribution in [0.25, 0.3) is 0 Å². The molecule has 0 aliphatic heterocycles. The van der Waals surface area contributed by atoms with Crippen molar-refractivity contribution in [2.45, 2.75) is 65.2 Å². The van der Waals surface area contributed by atoms with Crippen LogP contribution in [0, 0.1) is 0 Å². The van der Waals surface area contributed by atoms with Gasteiger partial charge in [0, 0.05) is 0 Å². The molecular weight excluding hydrogens is 390 g/mol. The van der Waals surface area contributed by atoms with Crippen molar-refractivity contribution in [1.82, 2.24) is 0 Å². The minimum absolute atomic E-state index is 0. The number of allylic oxidation sites excluding steroid dienone is 8. The first-order valence-corrected chi connectivity index (χ1v) is 12.4. The topological polar surface area (TPSA) is 0 Å². The van der Waals surface area contributed by atoms with Crippen molar-refractivity contribution in [3.8, 4) is 0 Å². The van der Waals surface area contributed by atoms with E-state index in [4.69, 9.17) is 4.21 Å². The molecule has 0 bridgehead atoms. The molecule has 0 heterocycles. The van der Waals surface area contributed by atoms with Gasteiger partial charge in [0.25, 0.3) is 0 Å². The van der Waals surface area contributed by atoms with Crippen molar-refractivity contribution in [2.24, 2.45) is 0 Å². The molecule has 0 N–H and O–H groups in total. The van der Waals surface area contributed by atoms with E-state index in [1.54, 1.807) is 17.7 Å². The van der Waals surface area contributed by atoms with E-state index in [-0.39, 0.29) is 24.8 Å². The standard InChI is InChI=1S/2C9H13.CH2.2ClH.Zr/c2*1-2-3-6-9-7-4-5-8-9;;;;/h2*4,7H,2-3,5-6H2,1H3;1H2;2*1H;. The van der Waals surface area contributed by atoms with Crippen LogP contribution in [0.5, 0.6) is 0 Å². The fraction of sp³-hybridized carbons (Fsp3) is 0.526. The van der Waals surface area contributed by atoms with Crippen molar-refractivity contribution in [3.63, 3.8) is 0 Å². The molecule has 0 nitrogen and oxygen atoms in total. The number of hydrogen-bond donors (Lipinski definition) is 0. The second kappa shape index (κ2) is 11.8. The van der Waals surface area contributed by atoms with Gasteiger partial charge in [-0.25, -0.2) is 0 Å². The van der Waals surface area contributed by atoms with Gasteiger partial charge < -0.3 is 0 Å². The number of rotatable bonds is 8. The van der Waals surface area contributed by atoms with Gasteiger partial charge in [-0.2, -0.15) is 0 Å². The van der Waals surface area contributed by atoms with E-state index in [0.717, 1.165) is 0 Å². The molecule has 0 saturated heterocycles. The van der Waals surface area contributed by atoms with Gasteiger partial charge in [-0.05, 0) is 0 Å². The summed E-state index contributed by atoms with van der Waals surface area (Å²) in [7, 11) is 0. The Bertz CT molecular complexity index is 452. The monoisotopic (exact) mass is 418 g/mol.